The molecule has 6 nitrogen and oxygen atoms in total. The lowest BCUT2D eigenvalue weighted by molar-refractivity contribution is -0.148. The van der Waals surface area contributed by atoms with E-state index in [0.29, 0.717) is 18.0 Å². The van der Waals surface area contributed by atoms with Gasteiger partial charge in [0, 0.05) is 19.7 Å². The summed E-state index contributed by atoms with van der Waals surface area (Å²) in [5.41, 5.74) is 0.365. The first kappa shape index (κ1) is 15.9. The first-order valence-electron chi connectivity index (χ1n) is 6.51. The molecule has 0 aliphatic heterocycles. The van der Waals surface area contributed by atoms with Crippen molar-refractivity contribution in [3.63, 3.8) is 0 Å². The summed E-state index contributed by atoms with van der Waals surface area (Å²) < 4.78 is 6.39. The minimum absolute atomic E-state index is 0.275. The topological polar surface area (TPSA) is 77.4 Å². The number of imide groups is 1. The van der Waals surface area contributed by atoms with Gasteiger partial charge < -0.3 is 9.30 Å². The van der Waals surface area contributed by atoms with E-state index in [2.05, 4.69) is 5.32 Å². The van der Waals surface area contributed by atoms with Gasteiger partial charge in [0.1, 0.15) is 5.69 Å². The molecule has 0 saturated carbocycles. The molecule has 1 aromatic heterocycles. The maximum atomic E-state index is 11.7. The Morgan fingerprint density at radius 2 is 2.05 bits per heavy atom. The van der Waals surface area contributed by atoms with Crippen LogP contribution in [0.25, 0.3) is 0 Å². The molecule has 0 unspecified atom stereocenters. The molecule has 20 heavy (non-hydrogen) atoms. The lowest BCUT2D eigenvalue weighted by Gasteiger charge is -2.07. The van der Waals surface area contributed by atoms with E-state index in [9.17, 15) is 14.4 Å². The average molecular weight is 280 g/mol. The maximum absolute atomic E-state index is 11.7. The Bertz CT molecular complexity index is 491. The van der Waals surface area contributed by atoms with Crippen molar-refractivity contribution in [2.45, 2.75) is 26.7 Å². The van der Waals surface area contributed by atoms with Crippen LogP contribution in [-0.2, 0) is 21.4 Å². The van der Waals surface area contributed by atoms with Crippen LogP contribution in [0.2, 0.25) is 0 Å². The lowest BCUT2D eigenvalue weighted by Crippen LogP contribution is -2.35. The van der Waals surface area contributed by atoms with Crippen LogP contribution in [0.5, 0.6) is 0 Å². The number of esters is 1. The van der Waals surface area contributed by atoms with Gasteiger partial charge in [0.2, 0.25) is 0 Å². The molecule has 0 saturated heterocycles. The predicted molar refractivity (Wildman–Crippen MR) is 72.9 cm³/mol. The van der Waals surface area contributed by atoms with E-state index < -0.39 is 24.4 Å². The molecular weight excluding hydrogens is 260 g/mol. The van der Waals surface area contributed by atoms with Gasteiger partial charge in [-0.2, -0.15) is 0 Å². The minimum atomic E-state index is -0.630. The van der Waals surface area contributed by atoms with Gasteiger partial charge in [0.05, 0.1) is 0 Å². The van der Waals surface area contributed by atoms with Crippen LogP contribution in [0.4, 0.5) is 0 Å². The maximum Gasteiger partial charge on any atom is 0.306 e. The second kappa shape index (κ2) is 7.47. The molecule has 1 aromatic rings. The molecule has 1 heterocycles. The summed E-state index contributed by atoms with van der Waals surface area (Å²) in [5.74, 6) is -1.18. The third kappa shape index (κ3) is 5.26. The highest BCUT2D eigenvalue weighted by Gasteiger charge is 2.14. The molecular formula is C14H20N2O4. The van der Waals surface area contributed by atoms with Crippen molar-refractivity contribution in [2.75, 3.05) is 6.61 Å². The summed E-state index contributed by atoms with van der Waals surface area (Å²) in [6.07, 6.45) is 2.69. The van der Waals surface area contributed by atoms with E-state index in [1.54, 1.807) is 29.9 Å². The fraction of sp³-hybridized carbons (Fsp3) is 0.500. The van der Waals surface area contributed by atoms with Gasteiger partial charge in [-0.1, -0.05) is 13.8 Å². The molecule has 1 N–H and O–H groups in total. The number of carbonyl (C=O) groups is 3. The number of amides is 2. The molecule has 0 spiro atoms. The number of nitrogens with one attached hydrogen (secondary N) is 1. The number of aromatic nitrogens is 1. The van der Waals surface area contributed by atoms with Crippen LogP contribution in [0.1, 0.15) is 37.2 Å². The number of ether oxygens (including phenoxy) is 1. The van der Waals surface area contributed by atoms with Gasteiger partial charge in [0.25, 0.3) is 11.8 Å². The van der Waals surface area contributed by atoms with E-state index in [1.807, 2.05) is 13.8 Å². The smallest absolute Gasteiger partial charge is 0.306 e. The molecule has 1 rings (SSSR count). The summed E-state index contributed by atoms with van der Waals surface area (Å²) in [6.45, 7) is 3.56. The third-order valence-corrected chi connectivity index (χ3v) is 2.72. The van der Waals surface area contributed by atoms with E-state index in [-0.39, 0.29) is 6.42 Å². The highest BCUT2D eigenvalue weighted by atomic mass is 16.5. The van der Waals surface area contributed by atoms with Crippen LogP contribution in [-0.4, -0.2) is 29.0 Å². The monoisotopic (exact) mass is 280 g/mol. The van der Waals surface area contributed by atoms with Crippen LogP contribution < -0.4 is 5.32 Å². The summed E-state index contributed by atoms with van der Waals surface area (Å²) in [6, 6.07) is 3.29. The number of rotatable bonds is 6. The van der Waals surface area contributed by atoms with Crippen molar-refractivity contribution in [1.29, 1.82) is 0 Å². The Morgan fingerprint density at radius 1 is 1.35 bits per heavy atom. The summed E-state index contributed by atoms with van der Waals surface area (Å²) in [5, 5.41) is 2.17. The number of hydrogen-bond acceptors (Lipinski definition) is 4. The van der Waals surface area contributed by atoms with Crippen molar-refractivity contribution in [1.82, 2.24) is 9.88 Å². The average Bonchev–Trinajstić information content (AvgIpc) is 2.80. The van der Waals surface area contributed by atoms with E-state index in [0.717, 1.165) is 0 Å². The third-order valence-electron chi connectivity index (χ3n) is 2.72. The zero-order chi connectivity index (χ0) is 15.1. The second-order valence-corrected chi connectivity index (χ2v) is 4.97. The van der Waals surface area contributed by atoms with Gasteiger partial charge in [-0.25, -0.2) is 0 Å². The molecule has 0 aliphatic rings. The van der Waals surface area contributed by atoms with Crippen LogP contribution >= 0.6 is 0 Å². The van der Waals surface area contributed by atoms with Crippen molar-refractivity contribution < 1.29 is 19.1 Å². The summed E-state index contributed by atoms with van der Waals surface area (Å²) >= 11 is 0. The molecule has 110 valence electrons. The lowest BCUT2D eigenvalue weighted by atomic mass is 10.1. The Balaban J connectivity index is 2.32. The van der Waals surface area contributed by atoms with Crippen molar-refractivity contribution >= 4 is 17.8 Å². The zero-order valence-electron chi connectivity index (χ0n) is 12.0. The van der Waals surface area contributed by atoms with E-state index in [4.69, 9.17) is 4.74 Å². The first-order chi connectivity index (χ1) is 9.40. The highest BCUT2D eigenvalue weighted by molar-refractivity contribution is 6.04. The van der Waals surface area contributed by atoms with Crippen LogP contribution in [0, 0.1) is 5.92 Å². The Morgan fingerprint density at radius 3 is 2.60 bits per heavy atom. The number of hydrogen-bond donors (Lipinski definition) is 1. The standard InChI is InChI=1S/C14H20N2O4/c1-10(2)6-7-13(18)20-9-12(17)15-14(19)11-5-4-8-16(11)3/h4-5,8,10H,6-7,9H2,1-3H3,(H,15,17,19). The fourth-order valence-corrected chi connectivity index (χ4v) is 1.55. The van der Waals surface area contributed by atoms with Crippen LogP contribution in [0.15, 0.2) is 18.3 Å². The van der Waals surface area contributed by atoms with Gasteiger partial charge in [0.15, 0.2) is 6.61 Å². The quantitative estimate of drug-likeness (QED) is 0.796. The van der Waals surface area contributed by atoms with Crippen molar-refractivity contribution in [3.8, 4) is 0 Å². The normalized spacial score (nSPS) is 10.4. The number of carbonyl (C=O) groups excluding carboxylic acids is 3. The molecule has 0 atom stereocenters. The molecule has 0 aliphatic carbocycles. The highest BCUT2D eigenvalue weighted by Crippen LogP contribution is 2.04. The molecule has 6 heteroatoms. The van der Waals surface area contributed by atoms with Gasteiger partial charge in [-0.05, 0) is 24.5 Å². The van der Waals surface area contributed by atoms with Crippen molar-refractivity contribution in [2.24, 2.45) is 13.0 Å². The van der Waals surface area contributed by atoms with E-state index in [1.165, 1.54) is 0 Å². The summed E-state index contributed by atoms with van der Waals surface area (Å²) in [7, 11) is 1.70. The molecule has 0 fully saturated rings. The summed E-state index contributed by atoms with van der Waals surface area (Å²) in [4.78, 5) is 34.5. The van der Waals surface area contributed by atoms with E-state index >= 15 is 0 Å². The van der Waals surface area contributed by atoms with Gasteiger partial charge in [-0.3, -0.25) is 19.7 Å². The van der Waals surface area contributed by atoms with Gasteiger partial charge >= 0.3 is 5.97 Å². The zero-order valence-corrected chi connectivity index (χ0v) is 12.0. The SMILES string of the molecule is CC(C)CCC(=O)OCC(=O)NC(=O)c1cccn1C. The number of aryl methyl sites for hydroxylation is 1. The number of nitrogens with zero attached hydrogens (tertiary/aromatic N) is 1. The largest absolute Gasteiger partial charge is 0.456 e. The predicted octanol–water partition coefficient (Wildman–Crippen LogP) is 1.26. The Kier molecular flexibility index (Phi) is 5.96. The minimum Gasteiger partial charge on any atom is -0.456 e. The second-order valence-electron chi connectivity index (χ2n) is 4.97. The molecule has 0 bridgehead atoms. The van der Waals surface area contributed by atoms with Crippen molar-refractivity contribution in [3.05, 3.63) is 24.0 Å². The van der Waals surface area contributed by atoms with Gasteiger partial charge in [-0.15, -0.1) is 0 Å². The first-order valence-corrected chi connectivity index (χ1v) is 6.51. The Labute approximate surface area is 118 Å². The fourth-order valence-electron chi connectivity index (χ4n) is 1.55. The van der Waals surface area contributed by atoms with Crippen LogP contribution in [0.3, 0.4) is 0 Å². The molecule has 0 radical (unpaired) electrons. The Hall–Kier alpha value is -2.11. The molecule has 0 aromatic carbocycles. The molecule has 2 amide bonds.